The van der Waals surface area contributed by atoms with Crippen molar-refractivity contribution in [1.82, 2.24) is 0 Å². The van der Waals surface area contributed by atoms with E-state index < -0.39 is 0 Å². The van der Waals surface area contributed by atoms with Gasteiger partial charge in [0.15, 0.2) is 0 Å². The zero-order valence-corrected chi connectivity index (χ0v) is 9.92. The molecule has 13 heavy (non-hydrogen) atoms. The van der Waals surface area contributed by atoms with Gasteiger partial charge in [-0.1, -0.05) is 48.0 Å². The maximum atomic E-state index is 4.85. The number of rotatable bonds is 0. The highest BCUT2D eigenvalue weighted by Crippen LogP contribution is 2.05. The number of hydrogen-bond acceptors (Lipinski definition) is 2. The second-order valence-corrected chi connectivity index (χ2v) is 3.03. The van der Waals surface area contributed by atoms with Crippen LogP contribution >= 0.6 is 15.9 Å². The number of hydrogen-bond donors (Lipinski definition) is 2. The van der Waals surface area contributed by atoms with Crippen molar-refractivity contribution >= 4 is 15.9 Å². The Labute approximate surface area is 89.5 Å². The van der Waals surface area contributed by atoms with Crippen molar-refractivity contribution in [2.45, 2.75) is 13.8 Å². The molecule has 0 unspecified atom stereocenters. The fourth-order valence-electron chi connectivity index (χ4n) is 0.415. The minimum Gasteiger partial charge on any atom is -0.331 e. The molecule has 4 N–H and O–H groups in total. The van der Waals surface area contributed by atoms with Crippen LogP contribution in [0.15, 0.2) is 34.8 Å². The quantitative estimate of drug-likeness (QED) is 0.739. The van der Waals surface area contributed by atoms with E-state index >= 15 is 0 Å². The highest BCUT2D eigenvalue weighted by molar-refractivity contribution is 9.10. The Kier molecular flexibility index (Phi) is 16.5. The van der Waals surface area contributed by atoms with Crippen LogP contribution in [0.2, 0.25) is 0 Å². The van der Waals surface area contributed by atoms with Crippen molar-refractivity contribution in [3.8, 4) is 0 Å². The Bertz CT molecular complexity index is 164. The molecule has 0 fully saturated rings. The van der Waals surface area contributed by atoms with Gasteiger partial charge in [-0.25, -0.2) is 0 Å². The normalized spacial score (nSPS) is 7.46. The molecule has 0 saturated heterocycles. The van der Waals surface area contributed by atoms with Gasteiger partial charge in [-0.15, -0.1) is 0 Å². The molecule has 0 aliphatic carbocycles. The molecule has 0 aliphatic heterocycles. The molecule has 0 aromatic heterocycles. The maximum absolute atomic E-state index is 4.85. The summed E-state index contributed by atoms with van der Waals surface area (Å²) >= 11 is 3.31. The van der Waals surface area contributed by atoms with Crippen molar-refractivity contribution < 1.29 is 0 Å². The summed E-state index contributed by atoms with van der Waals surface area (Å²) in [6.45, 7) is 5.31. The van der Waals surface area contributed by atoms with Crippen molar-refractivity contribution in [3.63, 3.8) is 0 Å². The molecular weight excluding hydrogens is 228 g/mol. The molecule has 1 rings (SSSR count). The molecule has 2 nitrogen and oxygen atoms in total. The second kappa shape index (κ2) is 14.2. The predicted molar refractivity (Wildman–Crippen MR) is 63.6 cm³/mol. The fraction of sp³-hybridized carbons (Fsp3) is 0.400. The highest BCUT2D eigenvalue weighted by atomic mass is 79.9. The number of benzene rings is 1. The van der Waals surface area contributed by atoms with Gasteiger partial charge in [-0.2, -0.15) is 0 Å². The molecule has 0 bridgehead atoms. The van der Waals surface area contributed by atoms with E-state index in [9.17, 15) is 0 Å². The molecular formula is C10H19BrN2. The zero-order chi connectivity index (χ0) is 10.5. The summed E-state index contributed by atoms with van der Waals surface area (Å²) in [6.07, 6.45) is 0. The average Bonchev–Trinajstić information content (AvgIpc) is 2.08. The minimum atomic E-state index is 0.750. The first kappa shape index (κ1) is 15.1. The van der Waals surface area contributed by atoms with Crippen LogP contribution in [-0.2, 0) is 0 Å². The average molecular weight is 247 g/mol. The van der Waals surface area contributed by atoms with Gasteiger partial charge in [0.2, 0.25) is 0 Å². The van der Waals surface area contributed by atoms with Crippen LogP contribution < -0.4 is 11.5 Å². The summed E-state index contributed by atoms with van der Waals surface area (Å²) < 4.78 is 1.13. The lowest BCUT2D eigenvalue weighted by atomic mass is 10.4. The third-order valence-electron chi connectivity index (χ3n) is 0.733. The van der Waals surface area contributed by atoms with Gasteiger partial charge in [-0.3, -0.25) is 0 Å². The van der Waals surface area contributed by atoms with Crippen LogP contribution in [0, 0.1) is 0 Å². The molecule has 0 heterocycles. The molecule has 1 aromatic carbocycles. The molecule has 0 atom stereocenters. The standard InChI is InChI=1S/C6H5Br.2C2H7N/c7-6-4-2-1-3-5-6;2*1-2-3/h1-5H;2*2-3H2,1H3. The molecule has 0 radical (unpaired) electrons. The van der Waals surface area contributed by atoms with Crippen molar-refractivity contribution in [2.24, 2.45) is 11.5 Å². The Morgan fingerprint density at radius 3 is 1.46 bits per heavy atom. The first-order chi connectivity index (χ1) is 6.22. The Hall–Kier alpha value is -0.380. The van der Waals surface area contributed by atoms with Gasteiger partial charge in [0, 0.05) is 4.47 Å². The maximum Gasteiger partial charge on any atom is 0.0175 e. The third-order valence-corrected chi connectivity index (χ3v) is 1.26. The van der Waals surface area contributed by atoms with E-state index in [1.54, 1.807) is 0 Å². The molecule has 0 amide bonds. The lowest BCUT2D eigenvalue weighted by Crippen LogP contribution is -1.87. The first-order valence-corrected chi connectivity index (χ1v) is 5.12. The molecule has 0 spiro atoms. The Balaban J connectivity index is 0. The monoisotopic (exact) mass is 246 g/mol. The van der Waals surface area contributed by atoms with Gasteiger partial charge >= 0.3 is 0 Å². The third kappa shape index (κ3) is 18.5. The van der Waals surface area contributed by atoms with Crippen LogP contribution in [0.25, 0.3) is 0 Å². The Morgan fingerprint density at radius 1 is 1.00 bits per heavy atom. The van der Waals surface area contributed by atoms with Crippen molar-refractivity contribution in [2.75, 3.05) is 13.1 Å². The fourth-order valence-corrected chi connectivity index (χ4v) is 0.720. The van der Waals surface area contributed by atoms with Crippen LogP contribution in [0.4, 0.5) is 0 Å². The van der Waals surface area contributed by atoms with Gasteiger partial charge in [0.05, 0.1) is 0 Å². The van der Waals surface area contributed by atoms with E-state index in [-0.39, 0.29) is 0 Å². The van der Waals surface area contributed by atoms with Crippen LogP contribution in [0.3, 0.4) is 0 Å². The van der Waals surface area contributed by atoms with E-state index in [4.69, 9.17) is 11.5 Å². The topological polar surface area (TPSA) is 52.0 Å². The van der Waals surface area contributed by atoms with E-state index in [0.717, 1.165) is 17.6 Å². The minimum absolute atomic E-state index is 0.750. The predicted octanol–water partition coefficient (Wildman–Crippen LogP) is 2.38. The van der Waals surface area contributed by atoms with Gasteiger partial charge in [0.1, 0.15) is 0 Å². The van der Waals surface area contributed by atoms with Gasteiger partial charge in [-0.05, 0) is 25.2 Å². The smallest absolute Gasteiger partial charge is 0.0175 e. The summed E-state index contributed by atoms with van der Waals surface area (Å²) in [5.41, 5.74) is 9.69. The zero-order valence-electron chi connectivity index (χ0n) is 8.33. The largest absolute Gasteiger partial charge is 0.331 e. The Morgan fingerprint density at radius 2 is 1.31 bits per heavy atom. The SMILES string of the molecule is Brc1ccccc1.CCN.CCN. The molecule has 0 aliphatic rings. The summed E-state index contributed by atoms with van der Waals surface area (Å²) in [7, 11) is 0. The summed E-state index contributed by atoms with van der Waals surface area (Å²) in [4.78, 5) is 0. The highest BCUT2D eigenvalue weighted by Gasteiger charge is 1.74. The summed E-state index contributed by atoms with van der Waals surface area (Å²) in [5.74, 6) is 0. The summed E-state index contributed by atoms with van der Waals surface area (Å²) in [6, 6.07) is 9.97. The molecule has 0 saturated carbocycles. The van der Waals surface area contributed by atoms with E-state index in [0.29, 0.717) is 0 Å². The van der Waals surface area contributed by atoms with Crippen molar-refractivity contribution in [3.05, 3.63) is 34.8 Å². The van der Waals surface area contributed by atoms with Crippen molar-refractivity contribution in [1.29, 1.82) is 0 Å². The summed E-state index contributed by atoms with van der Waals surface area (Å²) in [5, 5.41) is 0. The van der Waals surface area contributed by atoms with Crippen LogP contribution in [0.1, 0.15) is 13.8 Å². The lowest BCUT2D eigenvalue weighted by molar-refractivity contribution is 1.14. The lowest BCUT2D eigenvalue weighted by Gasteiger charge is -1.80. The van der Waals surface area contributed by atoms with E-state index in [1.165, 1.54) is 0 Å². The van der Waals surface area contributed by atoms with Crippen LogP contribution in [-0.4, -0.2) is 13.1 Å². The molecule has 1 aromatic rings. The molecule has 76 valence electrons. The first-order valence-electron chi connectivity index (χ1n) is 4.33. The van der Waals surface area contributed by atoms with Crippen LogP contribution in [0.5, 0.6) is 0 Å². The van der Waals surface area contributed by atoms with E-state index in [1.807, 2.05) is 44.2 Å². The second-order valence-electron chi connectivity index (χ2n) is 2.11. The number of nitrogens with two attached hydrogens (primary N) is 2. The molecule has 3 heteroatoms. The van der Waals surface area contributed by atoms with Gasteiger partial charge < -0.3 is 11.5 Å². The number of halogens is 1. The van der Waals surface area contributed by atoms with E-state index in [2.05, 4.69) is 15.9 Å². The van der Waals surface area contributed by atoms with Gasteiger partial charge in [0.25, 0.3) is 0 Å².